The highest BCUT2D eigenvalue weighted by molar-refractivity contribution is 5.97. The molecular weight excluding hydrogens is 292 g/mol. The molecule has 2 amide bonds. The molecule has 0 aromatic heterocycles. The van der Waals surface area contributed by atoms with Crippen LogP contribution in [0, 0.1) is 0 Å². The van der Waals surface area contributed by atoms with Crippen LogP contribution in [0.4, 0.5) is 5.69 Å². The topological polar surface area (TPSA) is 78.4 Å². The van der Waals surface area contributed by atoms with Gasteiger partial charge >= 0.3 is 0 Å². The first-order valence-electron chi connectivity index (χ1n) is 7.15. The monoisotopic (exact) mass is 310 g/mol. The molecular formula is C18H18N2O3. The molecule has 0 saturated heterocycles. The largest absolute Gasteiger partial charge is 0.378 e. The third-order valence-electron chi connectivity index (χ3n) is 3.19. The van der Waals surface area contributed by atoms with E-state index in [1.54, 1.807) is 54.6 Å². The molecule has 0 aliphatic carbocycles. The molecule has 5 nitrogen and oxygen atoms in total. The van der Waals surface area contributed by atoms with Crippen molar-refractivity contribution in [3.63, 3.8) is 0 Å². The molecule has 0 aliphatic heterocycles. The van der Waals surface area contributed by atoms with Gasteiger partial charge in [0, 0.05) is 17.8 Å². The standard InChI is InChI=1S/C18H18N2O3/c1-2-12-19-17(22)14-8-10-15(11-9-14)20-18(23)16(21)13-6-4-3-5-7-13/h2-11,16,21H,1,12H2,(H,19,22)(H,20,23). The summed E-state index contributed by atoms with van der Waals surface area (Å²) in [7, 11) is 0. The number of rotatable bonds is 6. The normalized spacial score (nSPS) is 11.3. The van der Waals surface area contributed by atoms with Crippen LogP contribution in [0.3, 0.4) is 0 Å². The van der Waals surface area contributed by atoms with Crippen LogP contribution in [0.2, 0.25) is 0 Å². The van der Waals surface area contributed by atoms with Gasteiger partial charge in [0.2, 0.25) is 0 Å². The summed E-state index contributed by atoms with van der Waals surface area (Å²) in [6, 6.07) is 15.1. The van der Waals surface area contributed by atoms with E-state index in [1.807, 2.05) is 6.07 Å². The molecule has 2 aromatic rings. The fourth-order valence-electron chi connectivity index (χ4n) is 1.97. The Morgan fingerprint density at radius 2 is 1.74 bits per heavy atom. The molecule has 1 unspecified atom stereocenters. The van der Waals surface area contributed by atoms with Gasteiger partial charge in [-0.15, -0.1) is 6.58 Å². The summed E-state index contributed by atoms with van der Waals surface area (Å²) in [5.41, 5.74) is 1.50. The van der Waals surface area contributed by atoms with Gasteiger partial charge in [0.15, 0.2) is 6.10 Å². The SMILES string of the molecule is C=CCNC(=O)c1ccc(NC(=O)C(O)c2ccccc2)cc1. The van der Waals surface area contributed by atoms with E-state index in [0.29, 0.717) is 23.4 Å². The fourth-order valence-corrected chi connectivity index (χ4v) is 1.97. The summed E-state index contributed by atoms with van der Waals surface area (Å²) in [6.07, 6.45) is 0.351. The quantitative estimate of drug-likeness (QED) is 0.716. The zero-order chi connectivity index (χ0) is 16.7. The smallest absolute Gasteiger partial charge is 0.257 e. The lowest BCUT2D eigenvalue weighted by molar-refractivity contribution is -0.124. The Kier molecular flexibility index (Phi) is 5.66. The number of amides is 2. The van der Waals surface area contributed by atoms with Crippen LogP contribution in [0.5, 0.6) is 0 Å². The third-order valence-corrected chi connectivity index (χ3v) is 3.19. The van der Waals surface area contributed by atoms with E-state index in [9.17, 15) is 14.7 Å². The second-order valence-electron chi connectivity index (χ2n) is 4.88. The van der Waals surface area contributed by atoms with Gasteiger partial charge in [-0.3, -0.25) is 9.59 Å². The van der Waals surface area contributed by atoms with E-state index in [4.69, 9.17) is 0 Å². The number of carbonyl (C=O) groups is 2. The number of carbonyl (C=O) groups excluding carboxylic acids is 2. The van der Waals surface area contributed by atoms with Gasteiger partial charge in [-0.2, -0.15) is 0 Å². The van der Waals surface area contributed by atoms with Gasteiger partial charge in [-0.25, -0.2) is 0 Å². The van der Waals surface area contributed by atoms with Crippen LogP contribution < -0.4 is 10.6 Å². The number of hydrogen-bond acceptors (Lipinski definition) is 3. The van der Waals surface area contributed by atoms with Gasteiger partial charge < -0.3 is 15.7 Å². The highest BCUT2D eigenvalue weighted by atomic mass is 16.3. The highest BCUT2D eigenvalue weighted by Crippen LogP contribution is 2.16. The van der Waals surface area contributed by atoms with Crippen molar-refractivity contribution in [2.45, 2.75) is 6.10 Å². The average molecular weight is 310 g/mol. The molecule has 3 N–H and O–H groups in total. The second-order valence-corrected chi connectivity index (χ2v) is 4.88. The van der Waals surface area contributed by atoms with Gasteiger partial charge in [0.05, 0.1) is 0 Å². The number of aliphatic hydroxyl groups excluding tert-OH is 1. The Labute approximate surface area is 134 Å². The van der Waals surface area contributed by atoms with Gasteiger partial charge in [0.25, 0.3) is 11.8 Å². The first kappa shape index (κ1) is 16.5. The van der Waals surface area contributed by atoms with Crippen LogP contribution in [-0.2, 0) is 4.79 Å². The van der Waals surface area contributed by atoms with Crippen LogP contribution in [0.1, 0.15) is 22.0 Å². The van der Waals surface area contributed by atoms with E-state index in [-0.39, 0.29) is 5.91 Å². The van der Waals surface area contributed by atoms with Crippen LogP contribution in [0.15, 0.2) is 67.3 Å². The van der Waals surface area contributed by atoms with Crippen LogP contribution in [-0.4, -0.2) is 23.5 Å². The molecule has 23 heavy (non-hydrogen) atoms. The number of aliphatic hydroxyl groups is 1. The Balaban J connectivity index is 1.99. The van der Waals surface area contributed by atoms with Gasteiger partial charge in [-0.05, 0) is 29.8 Å². The van der Waals surface area contributed by atoms with Crippen molar-refractivity contribution in [1.29, 1.82) is 0 Å². The molecule has 0 radical (unpaired) electrons. The van der Waals surface area contributed by atoms with Crippen molar-refractivity contribution >= 4 is 17.5 Å². The summed E-state index contributed by atoms with van der Waals surface area (Å²) < 4.78 is 0. The lowest BCUT2D eigenvalue weighted by atomic mass is 10.1. The second kappa shape index (κ2) is 7.91. The number of benzene rings is 2. The molecule has 0 fully saturated rings. The van der Waals surface area contributed by atoms with Crippen LogP contribution >= 0.6 is 0 Å². The summed E-state index contributed by atoms with van der Waals surface area (Å²) >= 11 is 0. The van der Waals surface area contributed by atoms with Gasteiger partial charge in [0.1, 0.15) is 0 Å². The van der Waals surface area contributed by atoms with Crippen molar-refractivity contribution < 1.29 is 14.7 Å². The molecule has 118 valence electrons. The van der Waals surface area contributed by atoms with E-state index in [1.165, 1.54) is 0 Å². The average Bonchev–Trinajstić information content (AvgIpc) is 2.60. The van der Waals surface area contributed by atoms with Crippen molar-refractivity contribution in [3.05, 3.63) is 78.4 Å². The minimum absolute atomic E-state index is 0.216. The molecule has 0 aliphatic rings. The zero-order valence-electron chi connectivity index (χ0n) is 12.5. The minimum Gasteiger partial charge on any atom is -0.378 e. The Morgan fingerprint density at radius 1 is 1.09 bits per heavy atom. The summed E-state index contributed by atoms with van der Waals surface area (Å²) in [5.74, 6) is -0.743. The molecule has 1 atom stereocenters. The van der Waals surface area contributed by atoms with E-state index in [2.05, 4.69) is 17.2 Å². The lowest BCUT2D eigenvalue weighted by Crippen LogP contribution is -2.23. The number of nitrogens with one attached hydrogen (secondary N) is 2. The maximum Gasteiger partial charge on any atom is 0.257 e. The minimum atomic E-state index is -1.24. The zero-order valence-corrected chi connectivity index (χ0v) is 12.5. The molecule has 0 heterocycles. The Morgan fingerprint density at radius 3 is 2.35 bits per heavy atom. The highest BCUT2D eigenvalue weighted by Gasteiger charge is 2.17. The predicted molar refractivity (Wildman–Crippen MR) is 89.0 cm³/mol. The van der Waals surface area contributed by atoms with Gasteiger partial charge in [-0.1, -0.05) is 36.4 Å². The maximum absolute atomic E-state index is 12.0. The molecule has 0 bridgehead atoms. The number of hydrogen-bond donors (Lipinski definition) is 3. The first-order valence-corrected chi connectivity index (χ1v) is 7.15. The van der Waals surface area contributed by atoms with Crippen molar-refractivity contribution in [1.82, 2.24) is 5.32 Å². The number of anilines is 1. The third kappa shape index (κ3) is 4.52. The van der Waals surface area contributed by atoms with Crippen molar-refractivity contribution in [2.75, 3.05) is 11.9 Å². The Hall–Kier alpha value is -2.92. The fraction of sp³-hybridized carbons (Fsp3) is 0.111. The molecule has 0 saturated carbocycles. The van der Waals surface area contributed by atoms with Crippen molar-refractivity contribution in [2.24, 2.45) is 0 Å². The molecule has 0 spiro atoms. The van der Waals surface area contributed by atoms with E-state index in [0.717, 1.165) is 0 Å². The lowest BCUT2D eigenvalue weighted by Gasteiger charge is -2.12. The first-order chi connectivity index (χ1) is 11.1. The maximum atomic E-state index is 12.0. The van der Waals surface area contributed by atoms with E-state index >= 15 is 0 Å². The van der Waals surface area contributed by atoms with E-state index < -0.39 is 12.0 Å². The summed E-state index contributed by atoms with van der Waals surface area (Å²) in [4.78, 5) is 23.8. The van der Waals surface area contributed by atoms with Crippen LogP contribution in [0.25, 0.3) is 0 Å². The molecule has 2 aromatic carbocycles. The molecule has 5 heteroatoms. The molecule has 2 rings (SSSR count). The predicted octanol–water partition coefficient (Wildman–Crippen LogP) is 2.27. The Bertz CT molecular complexity index is 681. The summed E-state index contributed by atoms with van der Waals surface area (Å²) in [6.45, 7) is 3.92. The summed E-state index contributed by atoms with van der Waals surface area (Å²) in [5, 5.41) is 15.3. The van der Waals surface area contributed by atoms with Crippen molar-refractivity contribution in [3.8, 4) is 0 Å².